The van der Waals surface area contributed by atoms with Crippen LogP contribution in [0.15, 0.2) is 84.1 Å². The van der Waals surface area contributed by atoms with E-state index in [0.29, 0.717) is 5.75 Å². The third-order valence-corrected chi connectivity index (χ3v) is 6.88. The Morgan fingerprint density at radius 2 is 1.66 bits per heavy atom. The van der Waals surface area contributed by atoms with Gasteiger partial charge in [0.05, 0.1) is 23.3 Å². The van der Waals surface area contributed by atoms with Crippen LogP contribution >= 0.6 is 11.8 Å². The first-order chi connectivity index (χ1) is 15.6. The van der Waals surface area contributed by atoms with E-state index in [9.17, 15) is 4.79 Å². The molecular formula is C27H25N3OS. The minimum Gasteiger partial charge on any atom is -0.311 e. The van der Waals surface area contributed by atoms with E-state index in [0.717, 1.165) is 40.8 Å². The van der Waals surface area contributed by atoms with Crippen molar-refractivity contribution >= 4 is 23.4 Å². The van der Waals surface area contributed by atoms with Crippen LogP contribution in [0.4, 0.5) is 5.69 Å². The molecule has 0 aliphatic carbocycles. The Balaban J connectivity index is 1.46. The maximum Gasteiger partial charge on any atom is 0.237 e. The molecule has 2 heterocycles. The molecule has 0 radical (unpaired) electrons. The van der Waals surface area contributed by atoms with Crippen LogP contribution in [-0.2, 0) is 11.2 Å². The first-order valence-electron chi connectivity index (χ1n) is 10.8. The number of para-hydroxylation sites is 2. The van der Waals surface area contributed by atoms with Crippen molar-refractivity contribution in [2.24, 2.45) is 0 Å². The number of imidazole rings is 1. The molecule has 0 unspecified atom stereocenters. The molecule has 1 aromatic heterocycles. The van der Waals surface area contributed by atoms with Crippen LogP contribution in [0.2, 0.25) is 0 Å². The summed E-state index contributed by atoms with van der Waals surface area (Å²) in [4.78, 5) is 19.7. The lowest BCUT2D eigenvalue weighted by Crippen LogP contribution is -2.30. The van der Waals surface area contributed by atoms with Crippen LogP contribution in [0, 0.1) is 13.8 Å². The zero-order chi connectivity index (χ0) is 22.1. The Labute approximate surface area is 192 Å². The molecule has 0 N–H and O–H groups in total. The van der Waals surface area contributed by atoms with Gasteiger partial charge < -0.3 is 4.90 Å². The van der Waals surface area contributed by atoms with Crippen molar-refractivity contribution in [3.63, 3.8) is 0 Å². The summed E-state index contributed by atoms with van der Waals surface area (Å²) < 4.78 is 2.18. The summed E-state index contributed by atoms with van der Waals surface area (Å²) in [6, 6.07) is 25.0. The van der Waals surface area contributed by atoms with Crippen LogP contribution in [0.5, 0.6) is 0 Å². The fraction of sp³-hybridized carbons (Fsp3) is 0.185. The second kappa shape index (κ2) is 8.67. The van der Waals surface area contributed by atoms with Gasteiger partial charge in [0.25, 0.3) is 0 Å². The minimum atomic E-state index is 0.121. The molecule has 4 nitrogen and oxygen atoms in total. The average molecular weight is 440 g/mol. The number of hydrogen-bond donors (Lipinski definition) is 0. The van der Waals surface area contributed by atoms with E-state index >= 15 is 0 Å². The van der Waals surface area contributed by atoms with Crippen LogP contribution < -0.4 is 4.90 Å². The maximum atomic E-state index is 13.1. The summed E-state index contributed by atoms with van der Waals surface area (Å²) in [5.74, 6) is 0.473. The molecule has 1 amide bonds. The number of aromatic nitrogens is 2. The number of aryl methyl sites for hydroxylation is 2. The number of thioether (sulfide) groups is 1. The van der Waals surface area contributed by atoms with Gasteiger partial charge in [-0.3, -0.25) is 9.36 Å². The highest BCUT2D eigenvalue weighted by Gasteiger charge is 2.25. The Morgan fingerprint density at radius 3 is 2.44 bits per heavy atom. The second-order valence-electron chi connectivity index (χ2n) is 8.13. The molecule has 0 fully saturated rings. The van der Waals surface area contributed by atoms with Gasteiger partial charge in [-0.25, -0.2) is 4.98 Å². The summed E-state index contributed by atoms with van der Waals surface area (Å²) in [6.07, 6.45) is 2.83. The van der Waals surface area contributed by atoms with Gasteiger partial charge in [0.1, 0.15) is 0 Å². The van der Waals surface area contributed by atoms with E-state index in [1.165, 1.54) is 28.5 Å². The van der Waals surface area contributed by atoms with Gasteiger partial charge >= 0.3 is 0 Å². The molecule has 0 bridgehead atoms. The van der Waals surface area contributed by atoms with Crippen LogP contribution in [0.25, 0.3) is 16.9 Å². The first-order valence-corrected chi connectivity index (χ1v) is 11.8. The fourth-order valence-electron chi connectivity index (χ4n) is 4.21. The topological polar surface area (TPSA) is 38.1 Å². The largest absolute Gasteiger partial charge is 0.311 e. The zero-order valence-electron chi connectivity index (χ0n) is 18.3. The maximum absolute atomic E-state index is 13.1. The fourth-order valence-corrected chi connectivity index (χ4v) is 5.07. The lowest BCUT2D eigenvalue weighted by molar-refractivity contribution is -0.116. The molecule has 0 saturated carbocycles. The number of rotatable bonds is 5. The van der Waals surface area contributed by atoms with Crippen molar-refractivity contribution in [3.8, 4) is 16.9 Å². The minimum absolute atomic E-state index is 0.121. The van der Waals surface area contributed by atoms with Crippen LogP contribution in [-0.4, -0.2) is 27.8 Å². The van der Waals surface area contributed by atoms with E-state index in [-0.39, 0.29) is 5.91 Å². The smallest absolute Gasteiger partial charge is 0.237 e. The summed E-state index contributed by atoms with van der Waals surface area (Å²) in [6.45, 7) is 4.94. The molecule has 5 heteroatoms. The highest BCUT2D eigenvalue weighted by Crippen LogP contribution is 2.33. The predicted octanol–water partition coefficient (Wildman–Crippen LogP) is 5.84. The monoisotopic (exact) mass is 439 g/mol. The Morgan fingerprint density at radius 1 is 0.938 bits per heavy atom. The lowest BCUT2D eigenvalue weighted by atomic mass is 10.1. The number of hydrogen-bond acceptors (Lipinski definition) is 3. The van der Waals surface area contributed by atoms with Crippen molar-refractivity contribution in [2.75, 3.05) is 17.2 Å². The Kier molecular flexibility index (Phi) is 5.58. The molecule has 5 rings (SSSR count). The van der Waals surface area contributed by atoms with Crippen molar-refractivity contribution < 1.29 is 4.79 Å². The number of benzene rings is 3. The third kappa shape index (κ3) is 3.84. The standard InChI is InChI=1S/C27H25N3OS/c1-19-11-13-22(14-12-19)25-17-28-27(30(25)23-9-5-3-7-20(23)2)32-18-26(31)29-16-15-21-8-4-6-10-24(21)29/h3-14,17H,15-16,18H2,1-2H3. The molecule has 32 heavy (non-hydrogen) atoms. The van der Waals surface area contributed by atoms with Crippen LogP contribution in [0.3, 0.4) is 0 Å². The molecule has 4 aromatic rings. The lowest BCUT2D eigenvalue weighted by Gasteiger charge is -2.18. The number of fused-ring (bicyclic) bond motifs is 1. The molecular weight excluding hydrogens is 414 g/mol. The van der Waals surface area contributed by atoms with Crippen molar-refractivity contribution in [3.05, 3.63) is 95.7 Å². The van der Waals surface area contributed by atoms with Gasteiger partial charge in [-0.15, -0.1) is 0 Å². The van der Waals surface area contributed by atoms with E-state index in [2.05, 4.69) is 60.9 Å². The van der Waals surface area contributed by atoms with E-state index in [4.69, 9.17) is 4.98 Å². The molecule has 0 atom stereocenters. The number of amides is 1. The van der Waals surface area contributed by atoms with Crippen LogP contribution in [0.1, 0.15) is 16.7 Å². The summed E-state index contributed by atoms with van der Waals surface area (Å²) in [5.41, 5.74) is 7.90. The Bertz CT molecular complexity index is 1280. The van der Waals surface area contributed by atoms with Crippen molar-refractivity contribution in [2.45, 2.75) is 25.4 Å². The summed E-state index contributed by atoms with van der Waals surface area (Å²) >= 11 is 1.50. The number of anilines is 1. The Hall–Kier alpha value is -3.31. The molecule has 0 spiro atoms. The van der Waals surface area contributed by atoms with E-state index < -0.39 is 0 Å². The molecule has 0 saturated heterocycles. The highest BCUT2D eigenvalue weighted by molar-refractivity contribution is 7.99. The van der Waals surface area contributed by atoms with Gasteiger partial charge in [-0.1, -0.05) is 78.0 Å². The normalized spacial score (nSPS) is 12.8. The highest BCUT2D eigenvalue weighted by atomic mass is 32.2. The van der Waals surface area contributed by atoms with Crippen molar-refractivity contribution in [1.82, 2.24) is 9.55 Å². The third-order valence-electron chi connectivity index (χ3n) is 5.95. The average Bonchev–Trinajstić information content (AvgIpc) is 3.43. The first kappa shape index (κ1) is 20.6. The summed E-state index contributed by atoms with van der Waals surface area (Å²) in [7, 11) is 0. The number of nitrogens with zero attached hydrogens (tertiary/aromatic N) is 3. The van der Waals surface area contributed by atoms with E-state index in [1.54, 1.807) is 0 Å². The van der Waals surface area contributed by atoms with E-state index in [1.807, 2.05) is 41.4 Å². The summed E-state index contributed by atoms with van der Waals surface area (Å²) in [5, 5.41) is 0.829. The van der Waals surface area contributed by atoms with Crippen molar-refractivity contribution in [1.29, 1.82) is 0 Å². The molecule has 1 aliphatic heterocycles. The number of carbonyl (C=O) groups excluding carboxylic acids is 1. The predicted molar refractivity (Wildman–Crippen MR) is 132 cm³/mol. The van der Waals surface area contributed by atoms with Gasteiger partial charge in [0.15, 0.2) is 5.16 Å². The SMILES string of the molecule is Cc1ccc(-c2cnc(SCC(=O)N3CCc4ccccc43)n2-c2ccccc2C)cc1. The molecule has 3 aromatic carbocycles. The quantitative estimate of drug-likeness (QED) is 0.367. The molecule has 1 aliphatic rings. The number of carbonyl (C=O) groups is 1. The van der Waals surface area contributed by atoms with Gasteiger partial charge in [-0.05, 0) is 43.5 Å². The van der Waals surface area contributed by atoms with Gasteiger partial charge in [0, 0.05) is 17.8 Å². The van der Waals surface area contributed by atoms with Gasteiger partial charge in [-0.2, -0.15) is 0 Å². The van der Waals surface area contributed by atoms with Gasteiger partial charge in [0.2, 0.25) is 5.91 Å². The second-order valence-corrected chi connectivity index (χ2v) is 9.07. The zero-order valence-corrected chi connectivity index (χ0v) is 19.1. The molecule has 160 valence electrons.